The van der Waals surface area contributed by atoms with Crippen LogP contribution in [-0.2, 0) is 11.3 Å². The minimum absolute atomic E-state index is 0.0255. The van der Waals surface area contributed by atoms with E-state index in [4.69, 9.17) is 10.2 Å². The van der Waals surface area contributed by atoms with Crippen molar-refractivity contribution >= 4 is 21.8 Å². The van der Waals surface area contributed by atoms with E-state index in [0.717, 1.165) is 5.76 Å². The minimum Gasteiger partial charge on any atom is -0.452 e. The summed E-state index contributed by atoms with van der Waals surface area (Å²) in [5, 5.41) is 0. The first-order chi connectivity index (χ1) is 6.99. The Kier molecular flexibility index (Phi) is 4.35. The Bertz CT molecular complexity index is 336. The number of rotatable bonds is 4. The van der Waals surface area contributed by atoms with Crippen LogP contribution >= 0.6 is 15.9 Å². The van der Waals surface area contributed by atoms with Gasteiger partial charge in [-0.05, 0) is 35.0 Å². The van der Waals surface area contributed by atoms with Crippen molar-refractivity contribution in [1.29, 1.82) is 0 Å². The number of nitrogens with zero attached hydrogens (tertiary/aromatic N) is 1. The first-order valence-corrected chi connectivity index (χ1v) is 5.52. The summed E-state index contributed by atoms with van der Waals surface area (Å²) in [5.41, 5.74) is 5.55. The average molecular weight is 275 g/mol. The predicted octanol–water partition coefficient (Wildman–Crippen LogP) is 1.74. The molecular formula is C10H15BrN2O2. The minimum atomic E-state index is -0.108. The van der Waals surface area contributed by atoms with Crippen molar-refractivity contribution in [3.8, 4) is 0 Å². The lowest BCUT2D eigenvalue weighted by Crippen LogP contribution is -2.31. The molecule has 1 aromatic heterocycles. The molecule has 15 heavy (non-hydrogen) atoms. The van der Waals surface area contributed by atoms with Crippen molar-refractivity contribution in [3.05, 3.63) is 22.6 Å². The van der Waals surface area contributed by atoms with Gasteiger partial charge in [-0.15, -0.1) is 0 Å². The molecular weight excluding hydrogens is 260 g/mol. The van der Waals surface area contributed by atoms with Crippen molar-refractivity contribution in [2.45, 2.75) is 25.9 Å². The Hall–Kier alpha value is -0.810. The lowest BCUT2D eigenvalue weighted by molar-refractivity contribution is -0.130. The van der Waals surface area contributed by atoms with Crippen LogP contribution in [0.5, 0.6) is 0 Å². The summed E-state index contributed by atoms with van der Waals surface area (Å²) in [6.45, 7) is 2.28. The molecule has 1 unspecified atom stereocenters. The maximum Gasteiger partial charge on any atom is 0.224 e. The molecule has 0 aliphatic rings. The molecule has 84 valence electrons. The number of hydrogen-bond donors (Lipinski definition) is 1. The first-order valence-electron chi connectivity index (χ1n) is 4.73. The molecule has 0 aromatic carbocycles. The third kappa shape index (κ3) is 4.05. The molecule has 4 nitrogen and oxygen atoms in total. The van der Waals surface area contributed by atoms with Gasteiger partial charge in [-0.3, -0.25) is 4.79 Å². The van der Waals surface area contributed by atoms with E-state index in [1.54, 1.807) is 18.0 Å². The van der Waals surface area contributed by atoms with Crippen LogP contribution in [-0.4, -0.2) is 23.9 Å². The number of nitrogens with two attached hydrogens (primary N) is 1. The van der Waals surface area contributed by atoms with Crippen LogP contribution in [0.1, 0.15) is 19.1 Å². The monoisotopic (exact) mass is 274 g/mol. The molecule has 0 aliphatic carbocycles. The fraction of sp³-hybridized carbons (Fsp3) is 0.500. The summed E-state index contributed by atoms with van der Waals surface area (Å²) >= 11 is 3.21. The van der Waals surface area contributed by atoms with Crippen LogP contribution in [0.25, 0.3) is 0 Å². The highest BCUT2D eigenvalue weighted by atomic mass is 79.9. The van der Waals surface area contributed by atoms with Gasteiger partial charge in [-0.2, -0.15) is 0 Å². The van der Waals surface area contributed by atoms with Gasteiger partial charge in [0.15, 0.2) is 4.67 Å². The smallest absolute Gasteiger partial charge is 0.224 e. The Morgan fingerprint density at radius 3 is 2.80 bits per heavy atom. The van der Waals surface area contributed by atoms with Crippen molar-refractivity contribution in [3.63, 3.8) is 0 Å². The Morgan fingerprint density at radius 1 is 1.67 bits per heavy atom. The van der Waals surface area contributed by atoms with Crippen molar-refractivity contribution < 1.29 is 9.21 Å². The molecule has 1 atom stereocenters. The number of halogens is 1. The lowest BCUT2D eigenvalue weighted by Gasteiger charge is -2.16. The number of carbonyl (C=O) groups excluding carboxylic acids is 1. The van der Waals surface area contributed by atoms with E-state index >= 15 is 0 Å². The number of hydrogen-bond acceptors (Lipinski definition) is 3. The molecule has 1 rings (SSSR count). The number of carbonyl (C=O) groups is 1. The van der Waals surface area contributed by atoms with Crippen LogP contribution in [0, 0.1) is 0 Å². The average Bonchev–Trinajstić information content (AvgIpc) is 2.50. The molecule has 1 amide bonds. The molecule has 5 heteroatoms. The topological polar surface area (TPSA) is 59.5 Å². The number of furan rings is 1. The van der Waals surface area contributed by atoms with Crippen molar-refractivity contribution in [2.75, 3.05) is 7.05 Å². The van der Waals surface area contributed by atoms with Gasteiger partial charge in [0, 0.05) is 19.5 Å². The quantitative estimate of drug-likeness (QED) is 0.910. The molecule has 0 saturated heterocycles. The zero-order chi connectivity index (χ0) is 11.4. The van der Waals surface area contributed by atoms with E-state index < -0.39 is 0 Å². The predicted molar refractivity (Wildman–Crippen MR) is 61.1 cm³/mol. The van der Waals surface area contributed by atoms with Gasteiger partial charge >= 0.3 is 0 Å². The maximum absolute atomic E-state index is 11.6. The Morgan fingerprint density at radius 2 is 2.33 bits per heavy atom. The molecule has 0 bridgehead atoms. The summed E-state index contributed by atoms with van der Waals surface area (Å²) < 4.78 is 5.97. The van der Waals surface area contributed by atoms with Crippen molar-refractivity contribution in [2.24, 2.45) is 5.73 Å². The summed E-state index contributed by atoms with van der Waals surface area (Å²) in [4.78, 5) is 13.2. The Balaban J connectivity index is 2.48. The Labute approximate surface area is 97.5 Å². The SMILES string of the molecule is CC(N)CC(=O)N(C)Cc1ccc(Br)o1. The lowest BCUT2D eigenvalue weighted by atomic mass is 10.2. The molecule has 0 spiro atoms. The van der Waals surface area contributed by atoms with Gasteiger partial charge in [0.05, 0.1) is 6.54 Å². The summed E-state index contributed by atoms with van der Waals surface area (Å²) in [5.74, 6) is 0.778. The molecule has 0 fully saturated rings. The van der Waals surface area contributed by atoms with Crippen molar-refractivity contribution in [1.82, 2.24) is 4.90 Å². The second kappa shape index (κ2) is 5.32. The highest BCUT2D eigenvalue weighted by Gasteiger charge is 2.12. The molecule has 1 aromatic rings. The third-order valence-electron chi connectivity index (χ3n) is 1.94. The van der Waals surface area contributed by atoms with Crippen LogP contribution in [0.15, 0.2) is 21.2 Å². The molecule has 0 saturated carbocycles. The zero-order valence-corrected chi connectivity index (χ0v) is 10.5. The first kappa shape index (κ1) is 12.3. The van der Waals surface area contributed by atoms with E-state index in [0.29, 0.717) is 17.6 Å². The van der Waals surface area contributed by atoms with Gasteiger partial charge in [-0.1, -0.05) is 0 Å². The van der Waals surface area contributed by atoms with Gasteiger partial charge in [-0.25, -0.2) is 0 Å². The highest BCUT2D eigenvalue weighted by molar-refractivity contribution is 9.10. The maximum atomic E-state index is 11.6. The van der Waals surface area contributed by atoms with Gasteiger partial charge in [0.1, 0.15) is 5.76 Å². The van der Waals surface area contributed by atoms with E-state index in [9.17, 15) is 4.79 Å². The molecule has 1 heterocycles. The molecule has 0 aliphatic heterocycles. The summed E-state index contributed by atoms with van der Waals surface area (Å²) in [6.07, 6.45) is 0.360. The van der Waals surface area contributed by atoms with Crippen LogP contribution < -0.4 is 5.73 Å². The van der Waals surface area contributed by atoms with E-state index in [1.807, 2.05) is 13.0 Å². The summed E-state index contributed by atoms with van der Waals surface area (Å²) in [6, 6.07) is 3.53. The standard InChI is InChI=1S/C10H15BrN2O2/c1-7(12)5-10(14)13(2)6-8-3-4-9(11)15-8/h3-4,7H,5-6,12H2,1-2H3. The fourth-order valence-corrected chi connectivity index (χ4v) is 1.53. The van der Waals surface area contributed by atoms with Crippen LogP contribution in [0.4, 0.5) is 0 Å². The second-order valence-electron chi connectivity index (χ2n) is 3.64. The normalized spacial score (nSPS) is 12.5. The largest absolute Gasteiger partial charge is 0.452 e. The van der Waals surface area contributed by atoms with E-state index in [1.165, 1.54) is 0 Å². The van der Waals surface area contributed by atoms with Crippen LogP contribution in [0.2, 0.25) is 0 Å². The van der Waals surface area contributed by atoms with Gasteiger partial charge in [0.2, 0.25) is 5.91 Å². The summed E-state index contributed by atoms with van der Waals surface area (Å²) in [7, 11) is 1.74. The van der Waals surface area contributed by atoms with Crippen LogP contribution in [0.3, 0.4) is 0 Å². The molecule has 0 radical (unpaired) electrons. The van der Waals surface area contributed by atoms with Gasteiger partial charge in [0.25, 0.3) is 0 Å². The second-order valence-corrected chi connectivity index (χ2v) is 4.42. The zero-order valence-electron chi connectivity index (χ0n) is 8.87. The van der Waals surface area contributed by atoms with Gasteiger partial charge < -0.3 is 15.1 Å². The molecule has 2 N–H and O–H groups in total. The highest BCUT2D eigenvalue weighted by Crippen LogP contribution is 2.15. The van der Waals surface area contributed by atoms with E-state index in [-0.39, 0.29) is 11.9 Å². The third-order valence-corrected chi connectivity index (χ3v) is 2.37. The fourth-order valence-electron chi connectivity index (χ4n) is 1.19. The number of amides is 1. The van der Waals surface area contributed by atoms with E-state index in [2.05, 4.69) is 15.9 Å².